The molecule has 0 aliphatic carbocycles. The first kappa shape index (κ1) is 8.19. The van der Waals surface area contributed by atoms with Crippen LogP contribution in [0.5, 0.6) is 0 Å². The molecule has 2 heterocycles. The van der Waals surface area contributed by atoms with E-state index in [1.165, 1.54) is 13.1 Å². The van der Waals surface area contributed by atoms with E-state index < -0.39 is 0 Å². The molecular weight excluding hydrogens is 190 g/mol. The third kappa shape index (κ3) is 1.29. The molecular formula is C8H6ClN3O. The molecule has 0 unspecified atom stereocenters. The van der Waals surface area contributed by atoms with Gasteiger partial charge in [-0.2, -0.15) is 5.10 Å². The van der Waals surface area contributed by atoms with Gasteiger partial charge >= 0.3 is 0 Å². The molecule has 0 saturated carbocycles. The van der Waals surface area contributed by atoms with E-state index in [2.05, 4.69) is 15.2 Å². The molecule has 0 bridgehead atoms. The monoisotopic (exact) mass is 195 g/mol. The number of nitrogens with one attached hydrogen (secondary N) is 1. The Hall–Kier alpha value is -1.42. The molecule has 0 saturated heterocycles. The van der Waals surface area contributed by atoms with Crippen molar-refractivity contribution >= 4 is 28.4 Å². The number of aromatic amines is 1. The number of aromatic nitrogens is 3. The lowest BCUT2D eigenvalue weighted by Gasteiger charge is -1.91. The number of carbonyl (C=O) groups excluding carboxylic acids is 1. The number of nitrogens with zero attached hydrogens (tertiary/aromatic N) is 2. The second-order valence-corrected chi connectivity index (χ2v) is 3.12. The predicted octanol–water partition coefficient (Wildman–Crippen LogP) is 1.81. The van der Waals surface area contributed by atoms with E-state index in [-0.39, 0.29) is 5.78 Å². The SMILES string of the molecule is CC(=O)c1[nH]nc2ncc(Cl)cc12. The molecule has 0 radical (unpaired) electrons. The van der Waals surface area contributed by atoms with E-state index in [1.54, 1.807) is 6.07 Å². The van der Waals surface area contributed by atoms with Gasteiger partial charge in [0.2, 0.25) is 0 Å². The molecule has 66 valence electrons. The van der Waals surface area contributed by atoms with Crippen molar-refractivity contribution in [3.8, 4) is 0 Å². The van der Waals surface area contributed by atoms with E-state index in [1.807, 2.05) is 0 Å². The highest BCUT2D eigenvalue weighted by atomic mass is 35.5. The fraction of sp³-hybridized carbons (Fsp3) is 0.125. The number of hydrogen-bond donors (Lipinski definition) is 1. The van der Waals surface area contributed by atoms with Gasteiger partial charge in [0, 0.05) is 13.1 Å². The molecule has 2 aromatic heterocycles. The number of fused-ring (bicyclic) bond motifs is 1. The van der Waals surface area contributed by atoms with Crippen LogP contribution in [0.1, 0.15) is 17.4 Å². The first-order valence-corrected chi connectivity index (χ1v) is 4.07. The smallest absolute Gasteiger partial charge is 0.181 e. The van der Waals surface area contributed by atoms with E-state index in [9.17, 15) is 4.79 Å². The van der Waals surface area contributed by atoms with Crippen LogP contribution in [0.3, 0.4) is 0 Å². The molecule has 2 rings (SSSR count). The first-order chi connectivity index (χ1) is 6.18. The summed E-state index contributed by atoms with van der Waals surface area (Å²) in [5.74, 6) is -0.0773. The normalized spacial score (nSPS) is 10.6. The summed E-state index contributed by atoms with van der Waals surface area (Å²) in [4.78, 5) is 15.0. The molecule has 0 amide bonds. The van der Waals surface area contributed by atoms with Crippen molar-refractivity contribution < 1.29 is 4.79 Å². The zero-order valence-electron chi connectivity index (χ0n) is 6.84. The number of ketones is 1. The maximum absolute atomic E-state index is 11.1. The zero-order valence-corrected chi connectivity index (χ0v) is 7.59. The maximum atomic E-state index is 11.1. The Balaban J connectivity index is 2.79. The van der Waals surface area contributed by atoms with E-state index in [0.717, 1.165) is 0 Å². The number of pyridine rings is 1. The van der Waals surface area contributed by atoms with Crippen LogP contribution in [-0.2, 0) is 0 Å². The Morgan fingerprint density at radius 3 is 3.08 bits per heavy atom. The van der Waals surface area contributed by atoms with Gasteiger partial charge in [-0.05, 0) is 6.07 Å². The Labute approximate surface area is 78.9 Å². The van der Waals surface area contributed by atoms with Gasteiger partial charge in [0.15, 0.2) is 11.4 Å². The lowest BCUT2D eigenvalue weighted by Crippen LogP contribution is -1.92. The highest BCUT2D eigenvalue weighted by molar-refractivity contribution is 6.31. The van der Waals surface area contributed by atoms with Crippen molar-refractivity contribution in [1.29, 1.82) is 0 Å². The molecule has 0 spiro atoms. The summed E-state index contributed by atoms with van der Waals surface area (Å²) in [7, 11) is 0. The largest absolute Gasteiger partial charge is 0.293 e. The van der Waals surface area contributed by atoms with Crippen LogP contribution in [0.2, 0.25) is 5.02 Å². The minimum Gasteiger partial charge on any atom is -0.293 e. The Morgan fingerprint density at radius 2 is 2.38 bits per heavy atom. The molecule has 0 fully saturated rings. The Morgan fingerprint density at radius 1 is 1.62 bits per heavy atom. The number of carbonyl (C=O) groups is 1. The van der Waals surface area contributed by atoms with Crippen molar-refractivity contribution in [1.82, 2.24) is 15.2 Å². The van der Waals surface area contributed by atoms with Crippen molar-refractivity contribution in [2.45, 2.75) is 6.92 Å². The van der Waals surface area contributed by atoms with Crippen LogP contribution < -0.4 is 0 Å². The van der Waals surface area contributed by atoms with Crippen LogP contribution in [0.4, 0.5) is 0 Å². The summed E-state index contributed by atoms with van der Waals surface area (Å²) in [6, 6.07) is 1.67. The van der Waals surface area contributed by atoms with Gasteiger partial charge in [0.1, 0.15) is 5.69 Å². The quantitative estimate of drug-likeness (QED) is 0.706. The molecule has 2 aromatic rings. The minimum atomic E-state index is -0.0773. The van der Waals surface area contributed by atoms with Crippen LogP contribution in [0.15, 0.2) is 12.3 Å². The second-order valence-electron chi connectivity index (χ2n) is 2.68. The maximum Gasteiger partial charge on any atom is 0.181 e. The third-order valence-corrected chi connectivity index (χ3v) is 1.93. The Bertz CT molecular complexity index is 477. The number of H-pyrrole nitrogens is 1. The zero-order chi connectivity index (χ0) is 9.42. The second kappa shape index (κ2) is 2.81. The summed E-state index contributed by atoms with van der Waals surface area (Å²) >= 11 is 5.74. The van der Waals surface area contributed by atoms with E-state index in [0.29, 0.717) is 21.7 Å². The fourth-order valence-electron chi connectivity index (χ4n) is 1.14. The summed E-state index contributed by atoms with van der Waals surface area (Å²) in [5, 5.41) is 7.65. The van der Waals surface area contributed by atoms with Crippen molar-refractivity contribution in [2.24, 2.45) is 0 Å². The van der Waals surface area contributed by atoms with Gasteiger partial charge in [-0.3, -0.25) is 9.89 Å². The lowest BCUT2D eigenvalue weighted by atomic mass is 10.2. The van der Waals surface area contributed by atoms with E-state index in [4.69, 9.17) is 11.6 Å². The van der Waals surface area contributed by atoms with Gasteiger partial charge in [-0.1, -0.05) is 11.6 Å². The average molecular weight is 196 g/mol. The number of halogens is 1. The van der Waals surface area contributed by atoms with Crippen molar-refractivity contribution in [3.05, 3.63) is 23.0 Å². The topological polar surface area (TPSA) is 58.6 Å². The van der Waals surface area contributed by atoms with Crippen molar-refractivity contribution in [3.63, 3.8) is 0 Å². The summed E-state index contributed by atoms with van der Waals surface area (Å²) in [6.45, 7) is 1.47. The molecule has 5 heteroatoms. The molecule has 1 N–H and O–H groups in total. The van der Waals surface area contributed by atoms with Crippen LogP contribution in [-0.4, -0.2) is 21.0 Å². The molecule has 0 aliphatic rings. The number of Topliss-reactive ketones (excluding diaryl/α,β-unsaturated/α-hetero) is 1. The molecule has 13 heavy (non-hydrogen) atoms. The third-order valence-electron chi connectivity index (χ3n) is 1.73. The van der Waals surface area contributed by atoms with Crippen LogP contribution in [0, 0.1) is 0 Å². The average Bonchev–Trinajstić information content (AvgIpc) is 2.46. The standard InChI is InChI=1S/C8H6ClN3O/c1-4(13)7-6-2-5(9)3-10-8(6)12-11-7/h2-3H,1H3,(H,10,11,12). The first-order valence-electron chi connectivity index (χ1n) is 3.69. The van der Waals surface area contributed by atoms with Gasteiger partial charge in [-0.15, -0.1) is 0 Å². The van der Waals surface area contributed by atoms with Crippen LogP contribution in [0.25, 0.3) is 11.0 Å². The van der Waals surface area contributed by atoms with Gasteiger partial charge < -0.3 is 0 Å². The van der Waals surface area contributed by atoms with Gasteiger partial charge in [-0.25, -0.2) is 4.98 Å². The minimum absolute atomic E-state index is 0.0773. The molecule has 4 nitrogen and oxygen atoms in total. The predicted molar refractivity (Wildman–Crippen MR) is 48.9 cm³/mol. The number of rotatable bonds is 1. The molecule has 0 atom stereocenters. The van der Waals surface area contributed by atoms with Gasteiger partial charge in [0.25, 0.3) is 0 Å². The number of hydrogen-bond acceptors (Lipinski definition) is 3. The van der Waals surface area contributed by atoms with Gasteiger partial charge in [0.05, 0.1) is 10.4 Å². The highest BCUT2D eigenvalue weighted by Gasteiger charge is 2.09. The summed E-state index contributed by atoms with van der Waals surface area (Å²) in [5.41, 5.74) is 0.958. The van der Waals surface area contributed by atoms with E-state index >= 15 is 0 Å². The van der Waals surface area contributed by atoms with Crippen LogP contribution >= 0.6 is 11.6 Å². The Kier molecular flexibility index (Phi) is 1.77. The highest BCUT2D eigenvalue weighted by Crippen LogP contribution is 2.18. The van der Waals surface area contributed by atoms with Crippen molar-refractivity contribution in [2.75, 3.05) is 0 Å². The fourth-order valence-corrected chi connectivity index (χ4v) is 1.30. The molecule has 0 aliphatic heterocycles. The summed E-state index contributed by atoms with van der Waals surface area (Å²) < 4.78 is 0. The lowest BCUT2D eigenvalue weighted by molar-refractivity contribution is 0.101. The molecule has 0 aromatic carbocycles. The summed E-state index contributed by atoms with van der Waals surface area (Å²) in [6.07, 6.45) is 1.49.